The zero-order valence-corrected chi connectivity index (χ0v) is 14.1. The number of carbonyl (C=O) groups is 1. The largest absolute Gasteiger partial charge is 0.494 e. The van der Waals surface area contributed by atoms with Gasteiger partial charge in [-0.25, -0.2) is 4.98 Å². The molecule has 6 nitrogen and oxygen atoms in total. The van der Waals surface area contributed by atoms with E-state index in [2.05, 4.69) is 22.2 Å². The number of fused-ring (bicyclic) bond motifs is 1. The lowest BCUT2D eigenvalue weighted by Gasteiger charge is -2.08. The quantitative estimate of drug-likeness (QED) is 0.613. The van der Waals surface area contributed by atoms with Crippen LogP contribution < -0.4 is 14.8 Å². The molecule has 0 aliphatic heterocycles. The summed E-state index contributed by atoms with van der Waals surface area (Å²) >= 11 is 0. The summed E-state index contributed by atoms with van der Waals surface area (Å²) in [5.41, 5.74) is 1.68. The number of para-hydroxylation sites is 2. The highest BCUT2D eigenvalue weighted by Crippen LogP contribution is 2.18. The molecule has 2 aromatic carbocycles. The number of hydrogen-bond acceptors (Lipinski definition) is 4. The van der Waals surface area contributed by atoms with Crippen molar-refractivity contribution in [3.63, 3.8) is 0 Å². The molecule has 0 bridgehead atoms. The number of unbranched alkanes of at least 4 members (excludes halogenated alkanes) is 1. The first-order valence-corrected chi connectivity index (χ1v) is 8.35. The van der Waals surface area contributed by atoms with Crippen LogP contribution in [0, 0.1) is 0 Å². The van der Waals surface area contributed by atoms with Gasteiger partial charge >= 0.3 is 0 Å². The fourth-order valence-corrected chi connectivity index (χ4v) is 2.30. The number of amides is 1. The van der Waals surface area contributed by atoms with Gasteiger partial charge in [0.15, 0.2) is 6.61 Å². The molecule has 0 aliphatic rings. The summed E-state index contributed by atoms with van der Waals surface area (Å²) in [5.74, 6) is 1.55. The molecular formula is C19H21N3O3. The Morgan fingerprint density at radius 2 is 1.80 bits per heavy atom. The maximum Gasteiger partial charge on any atom is 0.264 e. The fourth-order valence-electron chi connectivity index (χ4n) is 2.30. The monoisotopic (exact) mass is 339 g/mol. The summed E-state index contributed by atoms with van der Waals surface area (Å²) in [4.78, 5) is 19.3. The first-order chi connectivity index (χ1) is 12.2. The van der Waals surface area contributed by atoms with Gasteiger partial charge in [0.05, 0.1) is 17.6 Å². The van der Waals surface area contributed by atoms with Crippen molar-refractivity contribution in [3.05, 3.63) is 48.5 Å². The van der Waals surface area contributed by atoms with Gasteiger partial charge in [0.25, 0.3) is 5.91 Å². The number of anilines is 1. The molecule has 0 atom stereocenters. The highest BCUT2D eigenvalue weighted by Gasteiger charge is 2.07. The van der Waals surface area contributed by atoms with Gasteiger partial charge in [-0.1, -0.05) is 25.5 Å². The minimum Gasteiger partial charge on any atom is -0.494 e. The minimum absolute atomic E-state index is 0.0902. The first-order valence-electron chi connectivity index (χ1n) is 8.35. The molecule has 0 saturated carbocycles. The second-order valence-corrected chi connectivity index (χ2v) is 5.61. The highest BCUT2D eigenvalue weighted by molar-refractivity contribution is 5.92. The van der Waals surface area contributed by atoms with E-state index in [1.807, 2.05) is 36.4 Å². The maximum absolute atomic E-state index is 12.0. The summed E-state index contributed by atoms with van der Waals surface area (Å²) in [6.45, 7) is 2.74. The van der Waals surface area contributed by atoms with Crippen molar-refractivity contribution in [3.8, 4) is 11.5 Å². The lowest BCUT2D eigenvalue weighted by Crippen LogP contribution is -2.20. The molecule has 3 rings (SSSR count). The summed E-state index contributed by atoms with van der Waals surface area (Å²) < 4.78 is 11.1. The first kappa shape index (κ1) is 16.8. The molecule has 0 radical (unpaired) electrons. The van der Waals surface area contributed by atoms with Crippen molar-refractivity contribution in [1.82, 2.24) is 9.97 Å². The average molecular weight is 339 g/mol. The fraction of sp³-hybridized carbons (Fsp3) is 0.263. The van der Waals surface area contributed by atoms with Crippen LogP contribution in [-0.2, 0) is 4.79 Å². The molecule has 6 heteroatoms. The van der Waals surface area contributed by atoms with E-state index in [1.165, 1.54) is 0 Å². The molecule has 130 valence electrons. The van der Waals surface area contributed by atoms with Crippen molar-refractivity contribution in [1.29, 1.82) is 0 Å². The Hall–Kier alpha value is -3.02. The Kier molecular flexibility index (Phi) is 5.51. The molecule has 0 unspecified atom stereocenters. The van der Waals surface area contributed by atoms with Crippen LogP contribution in [-0.4, -0.2) is 29.1 Å². The third-order valence-corrected chi connectivity index (χ3v) is 3.61. The predicted octanol–water partition coefficient (Wildman–Crippen LogP) is 3.76. The van der Waals surface area contributed by atoms with Gasteiger partial charge in [0.2, 0.25) is 5.95 Å². The molecule has 1 aromatic heterocycles. The van der Waals surface area contributed by atoms with Gasteiger partial charge in [-0.15, -0.1) is 0 Å². The number of H-pyrrole nitrogens is 1. The van der Waals surface area contributed by atoms with E-state index in [9.17, 15) is 4.79 Å². The van der Waals surface area contributed by atoms with E-state index in [4.69, 9.17) is 9.47 Å². The normalized spacial score (nSPS) is 10.6. The van der Waals surface area contributed by atoms with Crippen molar-refractivity contribution in [2.45, 2.75) is 19.8 Å². The number of carbonyl (C=O) groups excluding carboxylic acids is 1. The molecular weight excluding hydrogens is 318 g/mol. The van der Waals surface area contributed by atoms with Gasteiger partial charge in [-0.2, -0.15) is 0 Å². The Labute approximate surface area is 146 Å². The van der Waals surface area contributed by atoms with Crippen LogP contribution >= 0.6 is 0 Å². The number of benzene rings is 2. The molecule has 1 heterocycles. The van der Waals surface area contributed by atoms with E-state index in [-0.39, 0.29) is 12.5 Å². The lowest BCUT2D eigenvalue weighted by atomic mass is 10.3. The molecule has 0 saturated heterocycles. The molecule has 2 N–H and O–H groups in total. The summed E-state index contributed by atoms with van der Waals surface area (Å²) in [5, 5.41) is 2.69. The smallest absolute Gasteiger partial charge is 0.264 e. The summed E-state index contributed by atoms with van der Waals surface area (Å²) in [6.07, 6.45) is 2.13. The second-order valence-electron chi connectivity index (χ2n) is 5.61. The van der Waals surface area contributed by atoms with E-state index >= 15 is 0 Å². The van der Waals surface area contributed by atoms with Gasteiger partial charge in [0.1, 0.15) is 11.5 Å². The van der Waals surface area contributed by atoms with Crippen LogP contribution in [0.1, 0.15) is 19.8 Å². The topological polar surface area (TPSA) is 76.2 Å². The third kappa shape index (κ3) is 4.73. The number of rotatable bonds is 8. The van der Waals surface area contributed by atoms with Crippen molar-refractivity contribution < 1.29 is 14.3 Å². The highest BCUT2D eigenvalue weighted by atomic mass is 16.5. The molecule has 3 aromatic rings. The van der Waals surface area contributed by atoms with Gasteiger partial charge < -0.3 is 14.5 Å². The van der Waals surface area contributed by atoms with Gasteiger partial charge in [-0.05, 0) is 42.8 Å². The van der Waals surface area contributed by atoms with E-state index in [1.54, 1.807) is 12.1 Å². The van der Waals surface area contributed by atoms with Crippen molar-refractivity contribution in [2.75, 3.05) is 18.5 Å². The van der Waals surface area contributed by atoms with Crippen LogP contribution in [0.15, 0.2) is 48.5 Å². The minimum atomic E-state index is -0.276. The summed E-state index contributed by atoms with van der Waals surface area (Å²) in [6, 6.07) is 14.8. The van der Waals surface area contributed by atoms with Crippen molar-refractivity contribution >= 4 is 22.9 Å². The Bertz CT molecular complexity index is 794. The Balaban J connectivity index is 1.48. The van der Waals surface area contributed by atoms with Gasteiger partial charge in [0, 0.05) is 0 Å². The number of nitrogens with zero attached hydrogens (tertiary/aromatic N) is 1. The van der Waals surface area contributed by atoms with Crippen molar-refractivity contribution in [2.24, 2.45) is 0 Å². The standard InChI is InChI=1S/C19H21N3O3/c1-2-3-12-24-14-8-10-15(11-9-14)25-13-18(23)22-19-20-16-6-4-5-7-17(16)21-19/h4-11H,2-3,12-13H2,1H3,(H2,20,21,22,23). The number of aromatic amines is 1. The van der Waals surface area contributed by atoms with E-state index < -0.39 is 0 Å². The average Bonchev–Trinajstić information content (AvgIpc) is 3.03. The van der Waals surface area contributed by atoms with Gasteiger partial charge in [-0.3, -0.25) is 10.1 Å². The predicted molar refractivity (Wildman–Crippen MR) is 97.1 cm³/mol. The SMILES string of the molecule is CCCCOc1ccc(OCC(=O)Nc2nc3ccccc3[nH]2)cc1. The Morgan fingerprint density at radius 1 is 1.08 bits per heavy atom. The van der Waals surface area contributed by atoms with Crippen LogP contribution in [0.25, 0.3) is 11.0 Å². The van der Waals surface area contributed by atoms with Crippen LogP contribution in [0.4, 0.5) is 5.95 Å². The second kappa shape index (κ2) is 8.19. The zero-order chi connectivity index (χ0) is 17.5. The number of ether oxygens (including phenoxy) is 2. The molecule has 0 spiro atoms. The van der Waals surface area contributed by atoms with E-state index in [0.29, 0.717) is 18.3 Å². The number of aromatic nitrogens is 2. The molecule has 25 heavy (non-hydrogen) atoms. The molecule has 0 fully saturated rings. The third-order valence-electron chi connectivity index (χ3n) is 3.61. The molecule has 1 amide bonds. The number of imidazole rings is 1. The number of nitrogens with one attached hydrogen (secondary N) is 2. The van der Waals surface area contributed by atoms with Crippen LogP contribution in [0.3, 0.4) is 0 Å². The maximum atomic E-state index is 12.0. The van der Waals surface area contributed by atoms with Crippen LogP contribution in [0.5, 0.6) is 11.5 Å². The molecule has 0 aliphatic carbocycles. The summed E-state index contributed by atoms with van der Waals surface area (Å²) in [7, 11) is 0. The van der Waals surface area contributed by atoms with E-state index in [0.717, 1.165) is 29.6 Å². The number of hydrogen-bond donors (Lipinski definition) is 2. The zero-order valence-electron chi connectivity index (χ0n) is 14.1. The Morgan fingerprint density at radius 3 is 2.52 bits per heavy atom. The lowest BCUT2D eigenvalue weighted by molar-refractivity contribution is -0.118. The van der Waals surface area contributed by atoms with Crippen LogP contribution in [0.2, 0.25) is 0 Å².